The number of likely N-dealkylation sites (tertiary alicyclic amines) is 1. The van der Waals surface area contributed by atoms with Crippen LogP contribution in [0.1, 0.15) is 44.1 Å². The van der Waals surface area contributed by atoms with E-state index in [2.05, 4.69) is 50.4 Å². The van der Waals surface area contributed by atoms with Gasteiger partial charge >= 0.3 is 0 Å². The molecule has 3 N–H and O–H groups in total. The van der Waals surface area contributed by atoms with Crippen LogP contribution in [0.25, 0.3) is 0 Å². The van der Waals surface area contributed by atoms with Crippen LogP contribution in [0.4, 0.5) is 0 Å². The molecule has 26 heavy (non-hydrogen) atoms. The summed E-state index contributed by atoms with van der Waals surface area (Å²) in [7, 11) is 0. The van der Waals surface area contributed by atoms with Crippen molar-refractivity contribution in [2.24, 2.45) is 11.7 Å². The van der Waals surface area contributed by atoms with E-state index in [0.29, 0.717) is 6.04 Å². The third kappa shape index (κ3) is 7.01. The molecule has 2 atom stereocenters. The molecule has 1 aromatic rings. The van der Waals surface area contributed by atoms with Gasteiger partial charge in [0.15, 0.2) is 0 Å². The standard InChI is InChI=1S/C19H28BrN3O.2ClH/c20-16-6-4-14(5-7-16)13-23-10-8-18(9-11-23)22-19(24)15-2-1-3-17(21)12-15;;/h4-7,15,17-18H,1-3,8-13,21H2,(H,22,24);2*1H. The second kappa shape index (κ2) is 11.5. The second-order valence-electron chi connectivity index (χ2n) is 7.31. The number of nitrogens with two attached hydrogens (primary N) is 1. The Kier molecular flexibility index (Phi) is 10.5. The van der Waals surface area contributed by atoms with Crippen molar-refractivity contribution < 1.29 is 4.79 Å². The fourth-order valence-corrected chi connectivity index (χ4v) is 4.13. The lowest BCUT2D eigenvalue weighted by Gasteiger charge is -2.34. The molecule has 0 bridgehead atoms. The van der Waals surface area contributed by atoms with Gasteiger partial charge in [0, 0.05) is 42.1 Å². The van der Waals surface area contributed by atoms with E-state index in [9.17, 15) is 4.79 Å². The predicted molar refractivity (Wildman–Crippen MR) is 115 cm³/mol. The number of benzene rings is 1. The van der Waals surface area contributed by atoms with Crippen LogP contribution in [0, 0.1) is 5.92 Å². The van der Waals surface area contributed by atoms with Gasteiger partial charge in [-0.05, 0) is 49.8 Å². The van der Waals surface area contributed by atoms with Gasteiger partial charge in [0.05, 0.1) is 0 Å². The Morgan fingerprint density at radius 1 is 1.12 bits per heavy atom. The molecule has 2 aliphatic rings. The molecule has 0 aromatic heterocycles. The molecule has 1 heterocycles. The molecule has 7 heteroatoms. The minimum Gasteiger partial charge on any atom is -0.353 e. The molecule has 1 amide bonds. The first-order valence-electron chi connectivity index (χ1n) is 9.13. The van der Waals surface area contributed by atoms with Crippen LogP contribution in [-0.2, 0) is 11.3 Å². The molecule has 1 aliphatic heterocycles. The molecule has 2 unspecified atom stereocenters. The minimum absolute atomic E-state index is 0. The summed E-state index contributed by atoms with van der Waals surface area (Å²) >= 11 is 3.48. The third-order valence-electron chi connectivity index (χ3n) is 5.34. The Labute approximate surface area is 177 Å². The minimum atomic E-state index is 0. The van der Waals surface area contributed by atoms with E-state index in [4.69, 9.17) is 5.73 Å². The number of nitrogens with one attached hydrogen (secondary N) is 1. The maximum atomic E-state index is 12.4. The normalized spacial score (nSPS) is 24.2. The lowest BCUT2D eigenvalue weighted by Crippen LogP contribution is -2.47. The van der Waals surface area contributed by atoms with Gasteiger partial charge < -0.3 is 11.1 Å². The van der Waals surface area contributed by atoms with Crippen molar-refractivity contribution in [3.8, 4) is 0 Å². The van der Waals surface area contributed by atoms with E-state index < -0.39 is 0 Å². The molecule has 1 saturated heterocycles. The molecule has 1 saturated carbocycles. The van der Waals surface area contributed by atoms with E-state index in [1.54, 1.807) is 0 Å². The quantitative estimate of drug-likeness (QED) is 0.707. The molecule has 4 nitrogen and oxygen atoms in total. The molecule has 0 spiro atoms. The molecular weight excluding hydrogens is 437 g/mol. The Hall–Kier alpha value is -0.330. The van der Waals surface area contributed by atoms with E-state index in [1.165, 1.54) is 5.56 Å². The van der Waals surface area contributed by atoms with Crippen molar-refractivity contribution in [3.63, 3.8) is 0 Å². The highest BCUT2D eigenvalue weighted by atomic mass is 79.9. The van der Waals surface area contributed by atoms with E-state index in [-0.39, 0.29) is 42.7 Å². The molecular formula is C19H30BrCl2N3O. The maximum absolute atomic E-state index is 12.4. The zero-order chi connectivity index (χ0) is 16.9. The number of halogens is 3. The van der Waals surface area contributed by atoms with Gasteiger partial charge in [-0.25, -0.2) is 0 Å². The maximum Gasteiger partial charge on any atom is 0.223 e. The first-order chi connectivity index (χ1) is 11.6. The summed E-state index contributed by atoms with van der Waals surface area (Å²) in [5.74, 6) is 0.367. The largest absolute Gasteiger partial charge is 0.353 e. The van der Waals surface area contributed by atoms with Crippen molar-refractivity contribution >= 4 is 46.7 Å². The number of carbonyl (C=O) groups excluding carboxylic acids is 1. The first kappa shape index (κ1) is 23.7. The van der Waals surface area contributed by atoms with Crippen LogP contribution in [0.2, 0.25) is 0 Å². The van der Waals surface area contributed by atoms with Gasteiger partial charge in [-0.3, -0.25) is 9.69 Å². The fraction of sp³-hybridized carbons (Fsp3) is 0.632. The second-order valence-corrected chi connectivity index (χ2v) is 8.22. The lowest BCUT2D eigenvalue weighted by molar-refractivity contribution is -0.127. The van der Waals surface area contributed by atoms with E-state index in [1.807, 2.05) is 0 Å². The van der Waals surface area contributed by atoms with Crippen molar-refractivity contribution in [2.45, 2.75) is 57.2 Å². The topological polar surface area (TPSA) is 58.4 Å². The summed E-state index contributed by atoms with van der Waals surface area (Å²) in [6.07, 6.45) is 6.10. The van der Waals surface area contributed by atoms with Crippen molar-refractivity contribution in [2.75, 3.05) is 13.1 Å². The predicted octanol–water partition coefficient (Wildman–Crippen LogP) is 3.89. The Balaban J connectivity index is 0.00000169. The van der Waals surface area contributed by atoms with Crippen molar-refractivity contribution in [1.82, 2.24) is 10.2 Å². The average Bonchev–Trinajstić information content (AvgIpc) is 2.59. The number of piperidine rings is 1. The molecule has 1 aromatic carbocycles. The Bertz CT molecular complexity index is 550. The number of rotatable bonds is 4. The van der Waals surface area contributed by atoms with Gasteiger partial charge in [-0.15, -0.1) is 24.8 Å². The van der Waals surface area contributed by atoms with Crippen molar-refractivity contribution in [3.05, 3.63) is 34.3 Å². The Morgan fingerprint density at radius 2 is 1.77 bits per heavy atom. The van der Waals surface area contributed by atoms with Gasteiger partial charge in [0.2, 0.25) is 5.91 Å². The van der Waals surface area contributed by atoms with Gasteiger partial charge in [0.25, 0.3) is 0 Å². The van der Waals surface area contributed by atoms with Crippen LogP contribution >= 0.6 is 40.7 Å². The number of hydrogen-bond acceptors (Lipinski definition) is 3. The van der Waals surface area contributed by atoms with Crippen molar-refractivity contribution in [1.29, 1.82) is 0 Å². The average molecular weight is 467 g/mol. The van der Waals surface area contributed by atoms with Crippen LogP contribution in [-0.4, -0.2) is 36.0 Å². The zero-order valence-corrected chi connectivity index (χ0v) is 18.3. The monoisotopic (exact) mass is 465 g/mol. The van der Waals surface area contributed by atoms with Crippen LogP contribution < -0.4 is 11.1 Å². The molecule has 0 radical (unpaired) electrons. The molecule has 148 valence electrons. The zero-order valence-electron chi connectivity index (χ0n) is 15.0. The smallest absolute Gasteiger partial charge is 0.223 e. The highest BCUT2D eigenvalue weighted by Crippen LogP contribution is 2.24. The van der Waals surface area contributed by atoms with E-state index >= 15 is 0 Å². The molecule has 3 rings (SSSR count). The summed E-state index contributed by atoms with van der Waals surface area (Å²) < 4.78 is 1.12. The number of nitrogens with zero attached hydrogens (tertiary/aromatic N) is 1. The van der Waals surface area contributed by atoms with Gasteiger partial charge in [0.1, 0.15) is 0 Å². The summed E-state index contributed by atoms with van der Waals surface area (Å²) in [6.45, 7) is 3.09. The number of hydrogen-bond donors (Lipinski definition) is 2. The summed E-state index contributed by atoms with van der Waals surface area (Å²) in [4.78, 5) is 14.9. The van der Waals surface area contributed by atoms with Crippen LogP contribution in [0.15, 0.2) is 28.7 Å². The summed E-state index contributed by atoms with van der Waals surface area (Å²) in [5, 5.41) is 3.27. The van der Waals surface area contributed by atoms with Crippen LogP contribution in [0.3, 0.4) is 0 Å². The third-order valence-corrected chi connectivity index (χ3v) is 5.87. The van der Waals surface area contributed by atoms with Gasteiger partial charge in [-0.1, -0.05) is 34.5 Å². The van der Waals surface area contributed by atoms with E-state index in [0.717, 1.165) is 62.6 Å². The molecule has 2 fully saturated rings. The summed E-state index contributed by atoms with van der Waals surface area (Å²) in [5.41, 5.74) is 7.35. The number of carbonyl (C=O) groups is 1. The van der Waals surface area contributed by atoms with Gasteiger partial charge in [-0.2, -0.15) is 0 Å². The highest BCUT2D eigenvalue weighted by molar-refractivity contribution is 9.10. The fourth-order valence-electron chi connectivity index (χ4n) is 3.87. The number of amides is 1. The first-order valence-corrected chi connectivity index (χ1v) is 9.92. The SMILES string of the molecule is Cl.Cl.NC1CCCC(C(=O)NC2CCN(Cc3ccc(Br)cc3)CC2)C1. The molecule has 1 aliphatic carbocycles. The summed E-state index contributed by atoms with van der Waals surface area (Å²) in [6, 6.07) is 9.07. The lowest BCUT2D eigenvalue weighted by atomic mass is 9.85. The Morgan fingerprint density at radius 3 is 2.38 bits per heavy atom. The highest BCUT2D eigenvalue weighted by Gasteiger charge is 2.28. The van der Waals surface area contributed by atoms with Crippen LogP contribution in [0.5, 0.6) is 0 Å².